The molecule has 0 heterocycles. The summed E-state index contributed by atoms with van der Waals surface area (Å²) >= 11 is 0. The summed E-state index contributed by atoms with van der Waals surface area (Å²) in [5.41, 5.74) is 0.411. The first-order valence-corrected chi connectivity index (χ1v) is 7.67. The molecule has 0 aliphatic rings. The maximum absolute atomic E-state index is 12.4. The molecule has 1 aromatic carbocycles. The van der Waals surface area contributed by atoms with Gasteiger partial charge in [-0.3, -0.25) is 9.59 Å². The van der Waals surface area contributed by atoms with Crippen LogP contribution in [0.3, 0.4) is 0 Å². The first kappa shape index (κ1) is 18.8. The van der Waals surface area contributed by atoms with Gasteiger partial charge in [-0.15, -0.1) is 0 Å². The third kappa shape index (κ3) is 6.59. The van der Waals surface area contributed by atoms with E-state index in [0.29, 0.717) is 36.0 Å². The third-order valence-electron chi connectivity index (χ3n) is 3.17. The fourth-order valence-electron chi connectivity index (χ4n) is 1.91. The fourth-order valence-corrected chi connectivity index (χ4v) is 1.91. The van der Waals surface area contributed by atoms with Crippen molar-refractivity contribution in [1.82, 2.24) is 5.32 Å². The Hall–Kier alpha value is -2.24. The van der Waals surface area contributed by atoms with Crippen LogP contribution in [-0.2, 0) is 4.79 Å². The molecule has 1 unspecified atom stereocenters. The van der Waals surface area contributed by atoms with Gasteiger partial charge >= 0.3 is 5.97 Å². The van der Waals surface area contributed by atoms with E-state index in [0.717, 1.165) is 0 Å². The van der Waals surface area contributed by atoms with Crippen molar-refractivity contribution in [3.05, 3.63) is 23.8 Å². The highest BCUT2D eigenvalue weighted by molar-refractivity contribution is 5.97. The number of methoxy groups -OCH3 is 1. The van der Waals surface area contributed by atoms with Gasteiger partial charge in [0, 0.05) is 18.5 Å². The molecular formula is C17H25NO5. The Bertz CT molecular complexity index is 542. The smallest absolute Gasteiger partial charge is 0.303 e. The summed E-state index contributed by atoms with van der Waals surface area (Å²) in [6.45, 7) is 6.31. The van der Waals surface area contributed by atoms with Gasteiger partial charge in [0.25, 0.3) is 5.91 Å². The van der Waals surface area contributed by atoms with Crippen LogP contribution in [0.2, 0.25) is 0 Å². The molecule has 128 valence electrons. The van der Waals surface area contributed by atoms with E-state index in [2.05, 4.69) is 5.32 Å². The molecule has 1 aromatic rings. The van der Waals surface area contributed by atoms with E-state index in [4.69, 9.17) is 14.6 Å². The van der Waals surface area contributed by atoms with Gasteiger partial charge in [-0.05, 0) is 31.4 Å². The van der Waals surface area contributed by atoms with Crippen molar-refractivity contribution in [2.45, 2.75) is 39.7 Å². The van der Waals surface area contributed by atoms with Gasteiger partial charge < -0.3 is 19.9 Å². The summed E-state index contributed by atoms with van der Waals surface area (Å²) in [4.78, 5) is 23.0. The van der Waals surface area contributed by atoms with Crippen molar-refractivity contribution < 1.29 is 24.2 Å². The van der Waals surface area contributed by atoms with E-state index < -0.39 is 5.97 Å². The maximum atomic E-state index is 12.4. The van der Waals surface area contributed by atoms with E-state index in [9.17, 15) is 9.59 Å². The van der Waals surface area contributed by atoms with Gasteiger partial charge in [-0.2, -0.15) is 0 Å². The minimum Gasteiger partial charge on any atom is -0.497 e. The highest BCUT2D eigenvalue weighted by Crippen LogP contribution is 2.25. The van der Waals surface area contributed by atoms with E-state index in [-0.39, 0.29) is 18.4 Å². The average Bonchev–Trinajstić information content (AvgIpc) is 2.50. The monoisotopic (exact) mass is 323 g/mol. The molecule has 0 aromatic heterocycles. The minimum absolute atomic E-state index is 0.0146. The molecule has 2 N–H and O–H groups in total. The topological polar surface area (TPSA) is 84.9 Å². The van der Waals surface area contributed by atoms with Gasteiger partial charge in [-0.1, -0.05) is 13.8 Å². The molecule has 0 fully saturated rings. The van der Waals surface area contributed by atoms with E-state index in [1.807, 2.05) is 13.8 Å². The molecule has 0 bridgehead atoms. The Morgan fingerprint density at radius 2 is 1.96 bits per heavy atom. The van der Waals surface area contributed by atoms with Crippen molar-refractivity contribution in [2.75, 3.05) is 13.7 Å². The number of carboxylic acids is 1. The van der Waals surface area contributed by atoms with E-state index in [1.165, 1.54) is 0 Å². The Labute approximate surface area is 136 Å². The van der Waals surface area contributed by atoms with Crippen molar-refractivity contribution in [1.29, 1.82) is 0 Å². The normalized spacial score (nSPS) is 11.9. The maximum Gasteiger partial charge on any atom is 0.303 e. The minimum atomic E-state index is -0.878. The molecule has 1 rings (SSSR count). The number of hydrogen-bond donors (Lipinski definition) is 2. The van der Waals surface area contributed by atoms with E-state index >= 15 is 0 Å². The zero-order valence-corrected chi connectivity index (χ0v) is 14.1. The second kappa shape index (κ2) is 9.02. The second-order valence-electron chi connectivity index (χ2n) is 5.87. The average molecular weight is 323 g/mol. The Balaban J connectivity index is 2.83. The number of benzene rings is 1. The van der Waals surface area contributed by atoms with E-state index in [1.54, 1.807) is 32.2 Å². The zero-order valence-electron chi connectivity index (χ0n) is 14.1. The highest BCUT2D eigenvalue weighted by atomic mass is 16.5. The Morgan fingerprint density at radius 1 is 1.26 bits per heavy atom. The quantitative estimate of drug-likeness (QED) is 0.730. The van der Waals surface area contributed by atoms with Crippen molar-refractivity contribution in [2.24, 2.45) is 5.92 Å². The molecular weight excluding hydrogens is 298 g/mol. The molecule has 23 heavy (non-hydrogen) atoms. The predicted molar refractivity (Wildman–Crippen MR) is 87.1 cm³/mol. The number of carbonyl (C=O) groups is 2. The Kier molecular flexibility index (Phi) is 7.38. The highest BCUT2D eigenvalue weighted by Gasteiger charge is 2.17. The summed E-state index contributed by atoms with van der Waals surface area (Å²) < 4.78 is 10.9. The number of ether oxygens (including phenoxy) is 2. The summed E-state index contributed by atoms with van der Waals surface area (Å²) in [7, 11) is 1.55. The molecule has 6 heteroatoms. The van der Waals surface area contributed by atoms with Gasteiger partial charge in [0.2, 0.25) is 0 Å². The molecule has 0 aliphatic carbocycles. The number of rotatable bonds is 9. The molecule has 1 atom stereocenters. The van der Waals surface area contributed by atoms with Crippen LogP contribution in [0.4, 0.5) is 0 Å². The fraction of sp³-hybridized carbons (Fsp3) is 0.529. The molecule has 1 amide bonds. The van der Waals surface area contributed by atoms with Crippen LogP contribution >= 0.6 is 0 Å². The largest absolute Gasteiger partial charge is 0.497 e. The summed E-state index contributed by atoms with van der Waals surface area (Å²) in [5.74, 6) is 0.229. The number of aliphatic carboxylic acids is 1. The van der Waals surface area contributed by atoms with Gasteiger partial charge in [0.05, 0.1) is 19.3 Å². The summed E-state index contributed by atoms with van der Waals surface area (Å²) in [6.07, 6.45) is 0.389. The lowest BCUT2D eigenvalue weighted by molar-refractivity contribution is -0.137. The van der Waals surface area contributed by atoms with Crippen LogP contribution in [0, 0.1) is 5.92 Å². The summed E-state index contributed by atoms with van der Waals surface area (Å²) in [5, 5.41) is 11.5. The van der Waals surface area contributed by atoms with Crippen molar-refractivity contribution >= 4 is 11.9 Å². The van der Waals surface area contributed by atoms with Crippen molar-refractivity contribution in [3.63, 3.8) is 0 Å². The van der Waals surface area contributed by atoms with Crippen LogP contribution < -0.4 is 14.8 Å². The molecule has 0 spiro atoms. The van der Waals surface area contributed by atoms with Gasteiger partial charge in [0.1, 0.15) is 11.5 Å². The van der Waals surface area contributed by atoms with Crippen molar-refractivity contribution in [3.8, 4) is 11.5 Å². The molecule has 0 radical (unpaired) electrons. The van der Waals surface area contributed by atoms with Gasteiger partial charge in [0.15, 0.2) is 0 Å². The number of nitrogens with one attached hydrogen (secondary N) is 1. The molecule has 0 saturated heterocycles. The second-order valence-corrected chi connectivity index (χ2v) is 5.87. The number of carboxylic acid groups (broad SMARTS) is 1. The standard InChI is InChI=1S/C17H25NO5/c1-11(2)10-23-15-9-13(22-4)6-7-14(15)17(21)18-12(3)5-8-16(19)20/h6-7,9,11-12H,5,8,10H2,1-4H3,(H,18,21)(H,19,20). The zero-order chi connectivity index (χ0) is 17.4. The number of hydrogen-bond acceptors (Lipinski definition) is 4. The lowest BCUT2D eigenvalue weighted by atomic mass is 10.1. The number of amides is 1. The SMILES string of the molecule is COc1ccc(C(=O)NC(C)CCC(=O)O)c(OCC(C)C)c1. The van der Waals surface area contributed by atoms with Gasteiger partial charge in [-0.25, -0.2) is 0 Å². The van der Waals surface area contributed by atoms with Crippen LogP contribution in [0.25, 0.3) is 0 Å². The third-order valence-corrected chi connectivity index (χ3v) is 3.17. The van der Waals surface area contributed by atoms with Crippen LogP contribution in [0.15, 0.2) is 18.2 Å². The predicted octanol–water partition coefficient (Wildman–Crippen LogP) is 2.71. The molecule has 0 saturated carbocycles. The van der Waals surface area contributed by atoms with Crippen LogP contribution in [0.5, 0.6) is 11.5 Å². The summed E-state index contributed by atoms with van der Waals surface area (Å²) in [6, 6.07) is 4.78. The number of carbonyl (C=O) groups excluding carboxylic acids is 1. The van der Waals surface area contributed by atoms with Crippen LogP contribution in [0.1, 0.15) is 44.0 Å². The first-order valence-electron chi connectivity index (χ1n) is 7.67. The lowest BCUT2D eigenvalue weighted by Gasteiger charge is -2.17. The molecule has 0 aliphatic heterocycles. The lowest BCUT2D eigenvalue weighted by Crippen LogP contribution is -2.33. The van der Waals surface area contributed by atoms with Crippen LogP contribution in [-0.4, -0.2) is 36.7 Å². The Morgan fingerprint density at radius 3 is 2.52 bits per heavy atom. The molecule has 6 nitrogen and oxygen atoms in total. The first-order chi connectivity index (χ1) is 10.8.